The maximum atomic E-state index is 10.9. The first-order valence-electron chi connectivity index (χ1n) is 4.49. The Morgan fingerprint density at radius 2 is 2.31 bits per heavy atom. The predicted octanol–water partition coefficient (Wildman–Crippen LogP) is -0.233. The zero-order chi connectivity index (χ0) is 9.84. The van der Waals surface area contributed by atoms with Crippen LogP contribution >= 0.6 is 0 Å². The quantitative estimate of drug-likeness (QED) is 0.487. The van der Waals surface area contributed by atoms with Crippen molar-refractivity contribution in [2.45, 2.75) is 26.0 Å². The third-order valence-electron chi connectivity index (χ3n) is 2.25. The van der Waals surface area contributed by atoms with Crippen LogP contribution in [0, 0.1) is 5.92 Å². The highest BCUT2D eigenvalue weighted by Gasteiger charge is 2.27. The van der Waals surface area contributed by atoms with Gasteiger partial charge in [0.1, 0.15) is 0 Å². The molecule has 1 N–H and O–H groups in total. The summed E-state index contributed by atoms with van der Waals surface area (Å²) in [5.41, 5.74) is 0. The van der Waals surface area contributed by atoms with E-state index in [-0.39, 0.29) is 6.10 Å². The highest BCUT2D eigenvalue weighted by molar-refractivity contribution is 6.27. The van der Waals surface area contributed by atoms with Crippen molar-refractivity contribution < 1.29 is 14.3 Å². The van der Waals surface area contributed by atoms with E-state index in [9.17, 15) is 9.59 Å². The van der Waals surface area contributed by atoms with E-state index in [1.165, 1.54) is 0 Å². The molecule has 74 valence electrons. The van der Waals surface area contributed by atoms with Gasteiger partial charge in [-0.25, -0.2) is 0 Å². The number of morpholine rings is 1. The number of ketones is 1. The maximum absolute atomic E-state index is 10.9. The topological polar surface area (TPSA) is 55.4 Å². The lowest BCUT2D eigenvalue weighted by atomic mass is 10.0. The molecule has 0 amide bonds. The van der Waals surface area contributed by atoms with E-state index >= 15 is 0 Å². The van der Waals surface area contributed by atoms with E-state index in [0.717, 1.165) is 0 Å². The van der Waals surface area contributed by atoms with Gasteiger partial charge < -0.3 is 10.1 Å². The molecule has 1 aliphatic rings. The second kappa shape index (κ2) is 4.48. The molecular formula is C9H15NO3. The predicted molar refractivity (Wildman–Crippen MR) is 47.4 cm³/mol. The molecule has 4 nitrogen and oxygen atoms in total. The van der Waals surface area contributed by atoms with Crippen LogP contribution in [0.15, 0.2) is 0 Å². The van der Waals surface area contributed by atoms with Crippen LogP contribution in [0.25, 0.3) is 0 Å². The second-order valence-corrected chi connectivity index (χ2v) is 3.60. The van der Waals surface area contributed by atoms with Crippen LogP contribution in [-0.4, -0.2) is 37.4 Å². The lowest BCUT2D eigenvalue weighted by molar-refractivity contribution is -0.134. The Balaban J connectivity index is 2.38. The minimum atomic E-state index is -0.438. The summed E-state index contributed by atoms with van der Waals surface area (Å²) in [5, 5.41) is 3.00. The summed E-state index contributed by atoms with van der Waals surface area (Å²) in [7, 11) is 0. The third kappa shape index (κ3) is 2.60. The molecule has 13 heavy (non-hydrogen) atoms. The number of carbonyl (C=O) groups is 2. The zero-order valence-electron chi connectivity index (χ0n) is 7.95. The molecule has 1 saturated heterocycles. The van der Waals surface area contributed by atoms with Gasteiger partial charge in [0.25, 0.3) is 0 Å². The van der Waals surface area contributed by atoms with Crippen LogP contribution in [0.1, 0.15) is 13.8 Å². The molecule has 0 radical (unpaired) electrons. The first-order valence-corrected chi connectivity index (χ1v) is 4.49. The van der Waals surface area contributed by atoms with E-state index in [4.69, 9.17) is 4.74 Å². The van der Waals surface area contributed by atoms with Gasteiger partial charge in [0.15, 0.2) is 6.29 Å². The Morgan fingerprint density at radius 1 is 1.62 bits per heavy atom. The van der Waals surface area contributed by atoms with E-state index in [1.807, 2.05) is 0 Å². The van der Waals surface area contributed by atoms with Gasteiger partial charge in [-0.05, 0) is 5.92 Å². The Hall–Kier alpha value is -0.740. The van der Waals surface area contributed by atoms with Gasteiger partial charge in [-0.3, -0.25) is 9.59 Å². The smallest absolute Gasteiger partial charge is 0.214 e. The fourth-order valence-electron chi connectivity index (χ4n) is 1.29. The molecule has 0 aromatic carbocycles. The summed E-state index contributed by atoms with van der Waals surface area (Å²) in [5.74, 6) is 0.00184. The van der Waals surface area contributed by atoms with Crippen molar-refractivity contribution in [1.29, 1.82) is 0 Å². The molecule has 2 atom stereocenters. The highest BCUT2D eigenvalue weighted by Crippen LogP contribution is 2.10. The molecule has 0 aromatic heterocycles. The number of hydrogen-bond acceptors (Lipinski definition) is 4. The molecule has 0 spiro atoms. The van der Waals surface area contributed by atoms with Gasteiger partial charge in [0, 0.05) is 6.54 Å². The molecule has 1 rings (SSSR count). The number of ether oxygens (including phenoxy) is 1. The third-order valence-corrected chi connectivity index (χ3v) is 2.25. The molecule has 0 bridgehead atoms. The summed E-state index contributed by atoms with van der Waals surface area (Å²) in [6.45, 7) is 5.07. The van der Waals surface area contributed by atoms with Gasteiger partial charge in [-0.15, -0.1) is 0 Å². The number of hydrogen-bond donors (Lipinski definition) is 1. The summed E-state index contributed by atoms with van der Waals surface area (Å²) < 4.78 is 5.43. The van der Waals surface area contributed by atoms with Crippen molar-refractivity contribution >= 4 is 12.1 Å². The summed E-state index contributed by atoms with van der Waals surface area (Å²) in [4.78, 5) is 21.1. The Labute approximate surface area is 77.6 Å². The van der Waals surface area contributed by atoms with Gasteiger partial charge >= 0.3 is 0 Å². The molecular weight excluding hydrogens is 170 g/mol. The van der Waals surface area contributed by atoms with E-state index < -0.39 is 11.8 Å². The van der Waals surface area contributed by atoms with Crippen LogP contribution in [0.5, 0.6) is 0 Å². The van der Waals surface area contributed by atoms with Crippen LogP contribution in [-0.2, 0) is 14.3 Å². The molecule has 0 saturated carbocycles. The maximum Gasteiger partial charge on any atom is 0.214 e. The number of Topliss-reactive ketones (excluding diaryl/α,β-unsaturated/α-hetero) is 1. The number of rotatable bonds is 3. The Morgan fingerprint density at radius 3 is 2.69 bits per heavy atom. The molecule has 1 aliphatic heterocycles. The largest absolute Gasteiger partial charge is 0.375 e. The zero-order valence-corrected chi connectivity index (χ0v) is 7.95. The minimum absolute atomic E-state index is 0.149. The fraction of sp³-hybridized carbons (Fsp3) is 0.778. The lowest BCUT2D eigenvalue weighted by Crippen LogP contribution is -2.52. The monoisotopic (exact) mass is 185 g/mol. The van der Waals surface area contributed by atoms with Crippen molar-refractivity contribution in [3.8, 4) is 0 Å². The van der Waals surface area contributed by atoms with Crippen LogP contribution in [0.3, 0.4) is 0 Å². The molecule has 0 aromatic rings. The summed E-state index contributed by atoms with van der Waals surface area (Å²) >= 11 is 0. The number of carbonyl (C=O) groups excluding carboxylic acids is 2. The van der Waals surface area contributed by atoms with Crippen LogP contribution in [0.4, 0.5) is 0 Å². The van der Waals surface area contributed by atoms with Crippen LogP contribution in [0.2, 0.25) is 0 Å². The van der Waals surface area contributed by atoms with Crippen molar-refractivity contribution in [3.63, 3.8) is 0 Å². The highest BCUT2D eigenvalue weighted by atomic mass is 16.5. The number of aldehydes is 1. The lowest BCUT2D eigenvalue weighted by Gasteiger charge is -2.30. The van der Waals surface area contributed by atoms with Gasteiger partial charge in [-0.1, -0.05) is 13.8 Å². The Kier molecular flexibility index (Phi) is 3.57. The van der Waals surface area contributed by atoms with Crippen LogP contribution < -0.4 is 5.32 Å². The van der Waals surface area contributed by atoms with Crippen molar-refractivity contribution in [2.24, 2.45) is 5.92 Å². The standard InChI is InChI=1S/C9H15NO3/c1-6(2)9-3-10-7(5-13-9)8(12)4-11/h4,6-7,9-10H,3,5H2,1-2H3. The van der Waals surface area contributed by atoms with Crippen molar-refractivity contribution in [1.82, 2.24) is 5.32 Å². The fourth-order valence-corrected chi connectivity index (χ4v) is 1.29. The van der Waals surface area contributed by atoms with Crippen molar-refractivity contribution in [3.05, 3.63) is 0 Å². The van der Waals surface area contributed by atoms with Gasteiger partial charge in [0.2, 0.25) is 5.78 Å². The number of nitrogens with one attached hydrogen (secondary N) is 1. The van der Waals surface area contributed by atoms with Crippen molar-refractivity contribution in [2.75, 3.05) is 13.2 Å². The summed E-state index contributed by atoms with van der Waals surface area (Å²) in [6.07, 6.45) is 0.493. The average molecular weight is 185 g/mol. The first-order chi connectivity index (χ1) is 6.15. The van der Waals surface area contributed by atoms with E-state index in [2.05, 4.69) is 19.2 Å². The van der Waals surface area contributed by atoms with E-state index in [0.29, 0.717) is 25.4 Å². The molecule has 1 heterocycles. The molecule has 0 aliphatic carbocycles. The Bertz CT molecular complexity index is 195. The van der Waals surface area contributed by atoms with E-state index in [1.54, 1.807) is 0 Å². The first kappa shape index (κ1) is 10.3. The minimum Gasteiger partial charge on any atom is -0.375 e. The molecule has 4 heteroatoms. The second-order valence-electron chi connectivity index (χ2n) is 3.60. The summed E-state index contributed by atoms with van der Waals surface area (Å²) in [6, 6.07) is -0.438. The normalized spacial score (nSPS) is 28.8. The average Bonchev–Trinajstić information content (AvgIpc) is 2.17. The SMILES string of the molecule is CC(C)C1CNC(C(=O)C=O)CO1. The van der Waals surface area contributed by atoms with Gasteiger partial charge in [-0.2, -0.15) is 0 Å². The molecule has 1 fully saturated rings. The van der Waals surface area contributed by atoms with Gasteiger partial charge in [0.05, 0.1) is 18.8 Å². The molecule has 2 unspecified atom stereocenters.